The van der Waals surface area contributed by atoms with E-state index in [0.29, 0.717) is 6.54 Å². The van der Waals surface area contributed by atoms with Crippen LogP contribution in [0.2, 0.25) is 0 Å². The molecule has 1 amide bonds. The molecular formula is C13H26N2O3S. The first-order valence-corrected chi connectivity index (χ1v) is 8.82. The molecule has 0 aromatic carbocycles. The maximum absolute atomic E-state index is 12.6. The van der Waals surface area contributed by atoms with Crippen LogP contribution in [0.25, 0.3) is 0 Å². The van der Waals surface area contributed by atoms with Gasteiger partial charge in [-0.2, -0.15) is 0 Å². The largest absolute Gasteiger partial charge is 0.337 e. The Hall–Kier alpha value is -0.620. The van der Waals surface area contributed by atoms with Gasteiger partial charge >= 0.3 is 0 Å². The third kappa shape index (κ3) is 3.69. The Morgan fingerprint density at radius 2 is 2.05 bits per heavy atom. The summed E-state index contributed by atoms with van der Waals surface area (Å²) in [4.78, 5) is 14.4. The molecule has 1 rings (SSSR count). The zero-order valence-corrected chi connectivity index (χ0v) is 13.2. The highest BCUT2D eigenvalue weighted by molar-refractivity contribution is 7.92. The molecule has 0 spiro atoms. The Morgan fingerprint density at radius 1 is 1.42 bits per heavy atom. The number of carbonyl (C=O) groups is 1. The predicted octanol–water partition coefficient (Wildman–Crippen LogP) is 0.800. The maximum Gasteiger partial charge on any atom is 0.243 e. The Bertz CT molecular complexity index is 412. The van der Waals surface area contributed by atoms with Gasteiger partial charge in [0.1, 0.15) is 4.75 Å². The van der Waals surface area contributed by atoms with Crippen LogP contribution in [0.1, 0.15) is 40.0 Å². The zero-order valence-electron chi connectivity index (χ0n) is 12.4. The van der Waals surface area contributed by atoms with E-state index in [1.54, 1.807) is 4.90 Å². The van der Waals surface area contributed by atoms with Gasteiger partial charge in [0.25, 0.3) is 0 Å². The van der Waals surface area contributed by atoms with E-state index >= 15 is 0 Å². The van der Waals surface area contributed by atoms with Crippen LogP contribution in [0.3, 0.4) is 0 Å². The fourth-order valence-corrected chi connectivity index (χ4v) is 2.73. The van der Waals surface area contributed by atoms with E-state index in [2.05, 4.69) is 5.32 Å². The molecule has 0 bridgehead atoms. The molecule has 112 valence electrons. The van der Waals surface area contributed by atoms with E-state index in [-0.39, 0.29) is 11.9 Å². The lowest BCUT2D eigenvalue weighted by Gasteiger charge is -2.38. The Balaban J connectivity index is 2.95. The molecule has 19 heavy (non-hydrogen) atoms. The third-order valence-electron chi connectivity index (χ3n) is 3.88. The van der Waals surface area contributed by atoms with Crippen molar-refractivity contribution < 1.29 is 13.2 Å². The summed E-state index contributed by atoms with van der Waals surface area (Å²) in [5, 5.41) is 3.28. The van der Waals surface area contributed by atoms with E-state index in [1.807, 2.05) is 6.92 Å². The molecule has 1 aliphatic rings. The Labute approximate surface area is 116 Å². The average Bonchev–Trinajstić information content (AvgIpc) is 2.34. The molecule has 0 aromatic heterocycles. The molecule has 0 aliphatic carbocycles. The summed E-state index contributed by atoms with van der Waals surface area (Å²) in [6, 6.07) is 0.113. The smallest absolute Gasteiger partial charge is 0.243 e. The summed E-state index contributed by atoms with van der Waals surface area (Å²) >= 11 is 0. The number of hydrogen-bond acceptors (Lipinski definition) is 4. The van der Waals surface area contributed by atoms with E-state index in [4.69, 9.17) is 0 Å². The van der Waals surface area contributed by atoms with Gasteiger partial charge in [0.05, 0.1) is 0 Å². The highest BCUT2D eigenvalue weighted by Crippen LogP contribution is 2.22. The highest BCUT2D eigenvalue weighted by Gasteiger charge is 2.43. The summed E-state index contributed by atoms with van der Waals surface area (Å²) in [6.07, 6.45) is 3.94. The molecular weight excluding hydrogens is 264 g/mol. The van der Waals surface area contributed by atoms with Crippen molar-refractivity contribution in [3.63, 3.8) is 0 Å². The molecule has 6 heteroatoms. The first-order valence-electron chi connectivity index (χ1n) is 6.93. The number of sulfone groups is 1. The lowest BCUT2D eigenvalue weighted by Crippen LogP contribution is -2.56. The second-order valence-corrected chi connectivity index (χ2v) is 8.35. The molecule has 0 aromatic rings. The van der Waals surface area contributed by atoms with Gasteiger partial charge < -0.3 is 10.2 Å². The van der Waals surface area contributed by atoms with Crippen LogP contribution < -0.4 is 5.32 Å². The van der Waals surface area contributed by atoms with Gasteiger partial charge in [-0.15, -0.1) is 0 Å². The van der Waals surface area contributed by atoms with Crippen LogP contribution in [-0.4, -0.2) is 55.9 Å². The van der Waals surface area contributed by atoms with Gasteiger partial charge in [0.15, 0.2) is 9.84 Å². The Morgan fingerprint density at radius 3 is 2.47 bits per heavy atom. The van der Waals surface area contributed by atoms with Crippen LogP contribution in [-0.2, 0) is 14.6 Å². The van der Waals surface area contributed by atoms with Gasteiger partial charge in [0, 0.05) is 25.4 Å². The minimum atomic E-state index is -3.42. The molecule has 1 N–H and O–H groups in total. The van der Waals surface area contributed by atoms with E-state index in [1.165, 1.54) is 13.8 Å². The summed E-state index contributed by atoms with van der Waals surface area (Å²) in [5.41, 5.74) is 0. The van der Waals surface area contributed by atoms with Gasteiger partial charge in [-0.1, -0.05) is 6.92 Å². The van der Waals surface area contributed by atoms with Crippen molar-refractivity contribution in [1.29, 1.82) is 0 Å². The number of amides is 1. The van der Waals surface area contributed by atoms with Gasteiger partial charge in [-0.05, 0) is 39.7 Å². The molecule has 1 unspecified atom stereocenters. The molecule has 1 heterocycles. The second kappa shape index (κ2) is 6.22. The van der Waals surface area contributed by atoms with Crippen molar-refractivity contribution in [2.45, 2.75) is 50.8 Å². The van der Waals surface area contributed by atoms with Crippen molar-refractivity contribution >= 4 is 15.7 Å². The lowest BCUT2D eigenvalue weighted by molar-refractivity contribution is -0.136. The van der Waals surface area contributed by atoms with Crippen LogP contribution in [0.4, 0.5) is 0 Å². The topological polar surface area (TPSA) is 66.5 Å². The van der Waals surface area contributed by atoms with Gasteiger partial charge in [-0.3, -0.25) is 4.79 Å². The number of nitrogens with zero attached hydrogens (tertiary/aromatic N) is 1. The SMILES string of the molecule is CCCN(C(=O)C(C)(C)S(C)(=O)=O)C1CCCNC1. The fraction of sp³-hybridized carbons (Fsp3) is 0.923. The van der Waals surface area contributed by atoms with Crippen molar-refractivity contribution in [3.8, 4) is 0 Å². The van der Waals surface area contributed by atoms with Gasteiger partial charge in [-0.25, -0.2) is 8.42 Å². The third-order valence-corrected chi connectivity index (χ3v) is 5.91. The lowest BCUT2D eigenvalue weighted by atomic mass is 10.0. The van der Waals surface area contributed by atoms with E-state index < -0.39 is 14.6 Å². The van der Waals surface area contributed by atoms with E-state index in [0.717, 1.165) is 38.6 Å². The summed E-state index contributed by atoms with van der Waals surface area (Å²) in [7, 11) is -3.42. The van der Waals surface area contributed by atoms with E-state index in [9.17, 15) is 13.2 Å². The summed E-state index contributed by atoms with van der Waals surface area (Å²) < 4.78 is 22.3. The number of hydrogen-bond donors (Lipinski definition) is 1. The standard InChI is InChI=1S/C13H26N2O3S/c1-5-9-15(11-7-6-8-14-10-11)12(16)13(2,3)19(4,17)18/h11,14H,5-10H2,1-4H3. The number of nitrogens with one attached hydrogen (secondary N) is 1. The number of rotatable bonds is 5. The maximum atomic E-state index is 12.6. The Kier molecular flexibility index (Phi) is 5.38. The van der Waals surface area contributed by atoms with Crippen LogP contribution in [0.5, 0.6) is 0 Å². The van der Waals surface area contributed by atoms with Crippen LogP contribution in [0.15, 0.2) is 0 Å². The van der Waals surface area contributed by atoms with Gasteiger partial charge in [0.2, 0.25) is 5.91 Å². The monoisotopic (exact) mass is 290 g/mol. The molecule has 0 radical (unpaired) electrons. The highest BCUT2D eigenvalue weighted by atomic mass is 32.2. The van der Waals surface area contributed by atoms with Crippen molar-refractivity contribution in [1.82, 2.24) is 10.2 Å². The van der Waals surface area contributed by atoms with Crippen molar-refractivity contribution in [2.75, 3.05) is 25.9 Å². The molecule has 1 fully saturated rings. The minimum absolute atomic E-state index is 0.113. The second-order valence-electron chi connectivity index (χ2n) is 5.78. The minimum Gasteiger partial charge on any atom is -0.337 e. The summed E-state index contributed by atoms with van der Waals surface area (Å²) in [6.45, 7) is 7.35. The molecule has 1 saturated heterocycles. The normalized spacial score (nSPS) is 21.2. The van der Waals surface area contributed by atoms with Crippen molar-refractivity contribution in [2.24, 2.45) is 0 Å². The van der Waals surface area contributed by atoms with Crippen LogP contribution >= 0.6 is 0 Å². The molecule has 5 nitrogen and oxygen atoms in total. The molecule has 0 saturated carbocycles. The van der Waals surface area contributed by atoms with Crippen molar-refractivity contribution in [3.05, 3.63) is 0 Å². The zero-order chi connectivity index (χ0) is 14.7. The van der Waals surface area contributed by atoms with Crippen LogP contribution in [0, 0.1) is 0 Å². The molecule has 1 aliphatic heterocycles. The fourth-order valence-electron chi connectivity index (χ4n) is 2.29. The predicted molar refractivity (Wildman–Crippen MR) is 76.8 cm³/mol. The first kappa shape index (κ1) is 16.4. The summed E-state index contributed by atoms with van der Waals surface area (Å²) in [5.74, 6) is -0.273. The molecule has 1 atom stereocenters. The quantitative estimate of drug-likeness (QED) is 0.813. The first-order chi connectivity index (χ1) is 8.71. The number of carbonyl (C=O) groups excluding carboxylic acids is 1. The number of piperidine rings is 1. The average molecular weight is 290 g/mol.